The van der Waals surface area contributed by atoms with Gasteiger partial charge < -0.3 is 5.21 Å². The van der Waals surface area contributed by atoms with Crippen LogP contribution in [-0.4, -0.2) is 11.3 Å². The predicted octanol–water partition coefficient (Wildman–Crippen LogP) is -2.13. The van der Waals surface area contributed by atoms with Crippen molar-refractivity contribution in [3.63, 3.8) is 0 Å². The lowest BCUT2D eigenvalue weighted by Gasteiger charge is -1.69. The van der Waals surface area contributed by atoms with Gasteiger partial charge in [0, 0.05) is 0 Å². The van der Waals surface area contributed by atoms with Gasteiger partial charge in [0.1, 0.15) is 4.92 Å². The highest BCUT2D eigenvalue weighted by Gasteiger charge is 1.82. The fourth-order valence-electron chi connectivity index (χ4n) is 0.0430. The molecule has 0 aliphatic heterocycles. The Bertz CT molecular complexity index is 76.9. The summed E-state index contributed by atoms with van der Waals surface area (Å²) in [7, 11) is 0. The van der Waals surface area contributed by atoms with E-state index in [2.05, 4.69) is 0 Å². The minimum absolute atomic E-state index is 0.208. The van der Waals surface area contributed by atoms with Crippen LogP contribution in [0.25, 0.3) is 0 Å². The van der Waals surface area contributed by atoms with Crippen LogP contribution in [0.5, 0.6) is 0 Å². The van der Waals surface area contributed by atoms with Crippen molar-refractivity contribution < 1.29 is 10.1 Å². The maximum Gasteiger partial charge on any atom is 0.469 e. The second-order valence-corrected chi connectivity index (χ2v) is 0.532. The van der Waals surface area contributed by atoms with E-state index in [1.54, 1.807) is 0 Å². The molecule has 5 nitrogen and oxygen atoms in total. The Morgan fingerprint density at radius 1 is 1.83 bits per heavy atom. The molecule has 0 spiro atoms. The summed E-state index contributed by atoms with van der Waals surface area (Å²) in [6.07, 6.45) is 0.208. The van der Waals surface area contributed by atoms with Gasteiger partial charge in [0.15, 0.2) is 0 Å². The average molecular weight is 90.0 g/mol. The molecule has 0 fully saturated rings. The maximum absolute atomic E-state index is 9.09. The van der Waals surface area contributed by atoms with Crippen molar-refractivity contribution in [1.29, 1.82) is 0 Å². The van der Waals surface area contributed by atoms with Crippen molar-refractivity contribution in [2.24, 2.45) is 0 Å². The van der Waals surface area contributed by atoms with E-state index in [4.69, 9.17) is 15.3 Å². The van der Waals surface area contributed by atoms with Crippen molar-refractivity contribution in [3.8, 4) is 0 Å². The standard InChI is InChI=1S/CH2N2O3/c4-2-1-3(5)6/h1-2H. The zero-order valence-corrected chi connectivity index (χ0v) is 2.75. The van der Waals surface area contributed by atoms with E-state index < -0.39 is 4.92 Å². The van der Waals surface area contributed by atoms with Gasteiger partial charge in [-0.1, -0.05) is 0 Å². The Labute approximate surface area is 33.0 Å². The van der Waals surface area contributed by atoms with E-state index in [0.29, 0.717) is 0 Å². The first-order valence-corrected chi connectivity index (χ1v) is 1.12. The lowest BCUT2D eigenvalue weighted by Crippen LogP contribution is -2.61. The number of hydrogen-bond donors (Lipinski definition) is 1. The molecular weight excluding hydrogens is 88.0 g/mol. The molecule has 0 aromatic heterocycles. The molecule has 0 saturated heterocycles. The van der Waals surface area contributed by atoms with Gasteiger partial charge >= 0.3 is 6.34 Å². The molecule has 0 aliphatic carbocycles. The zero-order chi connectivity index (χ0) is 4.99. The average Bonchev–Trinajstić information content (AvgIpc) is 1.35. The maximum atomic E-state index is 9.09. The molecule has 0 bridgehead atoms. The van der Waals surface area contributed by atoms with Gasteiger partial charge in [0.05, 0.1) is 0 Å². The largest absolute Gasteiger partial charge is 0.621 e. The van der Waals surface area contributed by atoms with Crippen molar-refractivity contribution in [3.05, 3.63) is 15.3 Å². The van der Waals surface area contributed by atoms with Gasteiger partial charge in [0.25, 0.3) is 0 Å². The van der Waals surface area contributed by atoms with E-state index in [0.717, 1.165) is 5.16 Å². The molecule has 0 atom stereocenters. The Balaban J connectivity index is 3.30. The van der Waals surface area contributed by atoms with Crippen LogP contribution in [0, 0.1) is 15.3 Å². The number of nitro groups is 1. The molecular formula is CH2N2O3. The molecule has 0 unspecified atom stereocenters. The fraction of sp³-hybridized carbons (Fsp3) is 0. The summed E-state index contributed by atoms with van der Waals surface area (Å²) >= 11 is 0. The van der Waals surface area contributed by atoms with E-state index in [9.17, 15) is 0 Å². The quantitative estimate of drug-likeness (QED) is 0.131. The van der Waals surface area contributed by atoms with Crippen LogP contribution in [-0.2, 0) is 0 Å². The summed E-state index contributed by atoms with van der Waals surface area (Å²) in [4.78, 5) is 8.22. The van der Waals surface area contributed by atoms with Gasteiger partial charge in [-0.2, -0.15) is 5.16 Å². The van der Waals surface area contributed by atoms with Gasteiger partial charge in [-0.05, 0) is 0 Å². The van der Waals surface area contributed by atoms with E-state index in [-0.39, 0.29) is 6.34 Å². The summed E-state index contributed by atoms with van der Waals surface area (Å²) in [5.41, 5.74) is 0. The molecule has 0 amide bonds. The molecule has 1 N–H and O–H groups in total. The topological polar surface area (TPSA) is 80.2 Å². The molecule has 0 rings (SSSR count). The molecule has 0 aromatic rings. The van der Waals surface area contributed by atoms with Crippen molar-refractivity contribution in [1.82, 2.24) is 0 Å². The fourth-order valence-corrected chi connectivity index (χ4v) is 0.0430. The Morgan fingerprint density at radius 3 is 2.33 bits per heavy atom. The normalized spacial score (nSPS) is 9.33. The second-order valence-electron chi connectivity index (χ2n) is 0.532. The number of nitrogens with zero attached hydrogens (tertiary/aromatic N) is 1. The molecule has 5 heteroatoms. The van der Waals surface area contributed by atoms with Gasteiger partial charge in [0.2, 0.25) is 0 Å². The number of rotatable bonds is 1. The van der Waals surface area contributed by atoms with Crippen LogP contribution in [0.3, 0.4) is 0 Å². The summed E-state index contributed by atoms with van der Waals surface area (Å²) in [6.45, 7) is 0. The Kier molecular flexibility index (Phi) is 1.73. The highest BCUT2D eigenvalue weighted by Crippen LogP contribution is 1.42. The monoisotopic (exact) mass is 90.0 g/mol. The highest BCUT2D eigenvalue weighted by molar-refractivity contribution is 5.34. The van der Waals surface area contributed by atoms with E-state index in [1.807, 2.05) is 0 Å². The number of hydrogen-bond acceptors (Lipinski definition) is 3. The third-order valence-electron chi connectivity index (χ3n) is 0.158. The minimum Gasteiger partial charge on any atom is -0.621 e. The second kappa shape index (κ2) is 2.13. The van der Waals surface area contributed by atoms with Crippen molar-refractivity contribution in [2.75, 3.05) is 0 Å². The van der Waals surface area contributed by atoms with Crippen molar-refractivity contribution in [2.45, 2.75) is 0 Å². The van der Waals surface area contributed by atoms with Crippen LogP contribution < -0.4 is 5.16 Å². The third kappa shape index (κ3) is 2.87. The van der Waals surface area contributed by atoms with Gasteiger partial charge in [-0.25, -0.2) is 0 Å². The SMILES string of the molecule is O=[N+]([O-])C=[NH+][O-]. The molecule has 0 heterocycles. The summed E-state index contributed by atoms with van der Waals surface area (Å²) in [5.74, 6) is 0. The molecule has 0 aliphatic rings. The Morgan fingerprint density at radius 2 is 2.33 bits per heavy atom. The Hall–Kier alpha value is -1.13. The van der Waals surface area contributed by atoms with E-state index >= 15 is 0 Å². The van der Waals surface area contributed by atoms with E-state index in [1.165, 1.54) is 0 Å². The third-order valence-corrected chi connectivity index (χ3v) is 0.158. The highest BCUT2D eigenvalue weighted by atomic mass is 16.6. The smallest absolute Gasteiger partial charge is 0.469 e. The van der Waals surface area contributed by atoms with Crippen LogP contribution in [0.4, 0.5) is 0 Å². The van der Waals surface area contributed by atoms with Crippen LogP contribution in [0.15, 0.2) is 0 Å². The van der Waals surface area contributed by atoms with Crippen LogP contribution in [0.1, 0.15) is 0 Å². The van der Waals surface area contributed by atoms with Crippen LogP contribution in [0.2, 0.25) is 0 Å². The summed E-state index contributed by atoms with van der Waals surface area (Å²) in [5, 5.41) is 19.1. The van der Waals surface area contributed by atoms with Gasteiger partial charge in [-0.15, -0.1) is 0 Å². The summed E-state index contributed by atoms with van der Waals surface area (Å²) < 4.78 is 0. The van der Waals surface area contributed by atoms with Crippen molar-refractivity contribution >= 4 is 6.34 Å². The first-order valence-electron chi connectivity index (χ1n) is 1.12. The molecule has 0 aromatic carbocycles. The number of nitrogens with one attached hydrogen (secondary N) is 1. The first-order chi connectivity index (χ1) is 2.77. The molecule has 0 saturated carbocycles. The summed E-state index contributed by atoms with van der Waals surface area (Å²) in [6, 6.07) is 0. The molecule has 34 valence electrons. The molecule has 0 radical (unpaired) electrons. The zero-order valence-electron chi connectivity index (χ0n) is 2.75. The molecule has 6 heavy (non-hydrogen) atoms. The first kappa shape index (κ1) is 4.87. The lowest BCUT2D eigenvalue weighted by molar-refractivity contribution is -0.463. The van der Waals surface area contributed by atoms with Crippen LogP contribution >= 0.6 is 0 Å². The predicted molar refractivity (Wildman–Crippen MR) is 17.4 cm³/mol. The minimum atomic E-state index is -0.868. The lowest BCUT2D eigenvalue weighted by atomic mass is 11.4. The van der Waals surface area contributed by atoms with Gasteiger partial charge in [-0.3, -0.25) is 10.1 Å².